The number of methoxy groups -OCH3 is 1. The van der Waals surface area contributed by atoms with Gasteiger partial charge < -0.3 is 15.8 Å². The molecule has 3 N–H and O–H groups in total. The van der Waals surface area contributed by atoms with Crippen molar-refractivity contribution in [2.24, 2.45) is 10.7 Å². The van der Waals surface area contributed by atoms with Crippen molar-refractivity contribution in [2.75, 3.05) is 19.5 Å². The summed E-state index contributed by atoms with van der Waals surface area (Å²) in [6.07, 6.45) is 8.29. The quantitative estimate of drug-likeness (QED) is 0.278. The Labute approximate surface area is 193 Å². The number of Topliss-reactive ketones (excluding diaryl/α,β-unsaturated/α-hetero) is 1. The smallest absolute Gasteiger partial charge is 0.207 e. The minimum absolute atomic E-state index is 0.0334. The number of allylic oxidation sites excluding steroid dienone is 5. The van der Waals surface area contributed by atoms with E-state index in [1.165, 1.54) is 6.21 Å². The Morgan fingerprint density at radius 1 is 1.24 bits per heavy atom. The van der Waals surface area contributed by atoms with Crippen molar-refractivity contribution < 1.29 is 9.53 Å². The van der Waals surface area contributed by atoms with Gasteiger partial charge in [0.1, 0.15) is 11.8 Å². The van der Waals surface area contributed by atoms with Crippen molar-refractivity contribution in [3.8, 4) is 5.75 Å². The predicted molar refractivity (Wildman–Crippen MR) is 134 cm³/mol. The van der Waals surface area contributed by atoms with Gasteiger partial charge in [-0.2, -0.15) is 5.10 Å². The highest BCUT2D eigenvalue weighted by molar-refractivity contribution is 6.07. The van der Waals surface area contributed by atoms with E-state index in [-0.39, 0.29) is 11.5 Å². The lowest BCUT2D eigenvalue weighted by Crippen LogP contribution is -2.28. The summed E-state index contributed by atoms with van der Waals surface area (Å²) in [4.78, 5) is 17.8. The Morgan fingerprint density at radius 2 is 2.06 bits per heavy atom. The number of carbonyl (C=O) groups is 1. The Balaban J connectivity index is 2.14. The number of anilines is 1. The number of nitrogens with one attached hydrogen (secondary N) is 1. The second kappa shape index (κ2) is 10.8. The average Bonchev–Trinajstić information content (AvgIpc) is 3.28. The predicted octanol–water partition coefficient (Wildman–Crippen LogP) is 4.28. The standard InChI is InChI=1S/C26H27N5O2/c1-5-10-18(6-2)22(17-28-3)24(27)26(32)25(29-19-11-9-13-21(15-19)33-4)23-16-20-12-7-8-14-31(20)30-23/h5-17,25,29H,1-2,27H2,3-4H3/b18-10+,24-22?,28-17?. The summed E-state index contributed by atoms with van der Waals surface area (Å²) in [5.74, 6) is 0.305. The minimum Gasteiger partial charge on any atom is -0.497 e. The van der Waals surface area contributed by atoms with E-state index in [4.69, 9.17) is 10.5 Å². The first-order valence-electron chi connectivity index (χ1n) is 10.3. The number of fused-ring (bicyclic) bond motifs is 1. The van der Waals surface area contributed by atoms with E-state index in [2.05, 4.69) is 28.6 Å². The first kappa shape index (κ1) is 23.3. The van der Waals surface area contributed by atoms with Crippen LogP contribution in [0.1, 0.15) is 11.7 Å². The lowest BCUT2D eigenvalue weighted by molar-refractivity contribution is -0.116. The van der Waals surface area contributed by atoms with Crippen molar-refractivity contribution in [1.82, 2.24) is 9.61 Å². The molecule has 0 saturated heterocycles. The van der Waals surface area contributed by atoms with Crippen LogP contribution >= 0.6 is 0 Å². The first-order chi connectivity index (χ1) is 16.0. The van der Waals surface area contributed by atoms with Gasteiger partial charge in [0.25, 0.3) is 0 Å². The monoisotopic (exact) mass is 441 g/mol. The van der Waals surface area contributed by atoms with Crippen LogP contribution in [-0.2, 0) is 4.79 Å². The Bertz CT molecular complexity index is 1230. The van der Waals surface area contributed by atoms with Crippen LogP contribution in [0.5, 0.6) is 5.75 Å². The molecule has 1 unspecified atom stereocenters. The molecule has 1 aromatic carbocycles. The molecule has 1 atom stereocenters. The molecule has 3 aromatic rings. The van der Waals surface area contributed by atoms with E-state index in [0.717, 1.165) is 5.52 Å². The van der Waals surface area contributed by atoms with Gasteiger partial charge in [-0.3, -0.25) is 9.79 Å². The van der Waals surface area contributed by atoms with E-state index in [0.29, 0.717) is 28.3 Å². The van der Waals surface area contributed by atoms with Crippen LogP contribution in [0.4, 0.5) is 5.69 Å². The third-order valence-corrected chi connectivity index (χ3v) is 4.97. The number of nitrogens with two attached hydrogens (primary N) is 1. The number of benzene rings is 1. The van der Waals surface area contributed by atoms with E-state index < -0.39 is 6.04 Å². The summed E-state index contributed by atoms with van der Waals surface area (Å²) in [5.41, 5.74) is 9.61. The molecule has 0 aliphatic rings. The fraction of sp³-hybridized carbons (Fsp3) is 0.115. The van der Waals surface area contributed by atoms with Gasteiger partial charge in [0, 0.05) is 36.8 Å². The molecule has 0 bridgehead atoms. The summed E-state index contributed by atoms with van der Waals surface area (Å²) in [7, 11) is 3.20. The largest absolute Gasteiger partial charge is 0.497 e. The van der Waals surface area contributed by atoms with E-state index >= 15 is 0 Å². The summed E-state index contributed by atoms with van der Waals surface area (Å²) in [6.45, 7) is 7.54. The van der Waals surface area contributed by atoms with Crippen LogP contribution in [0.3, 0.4) is 0 Å². The molecule has 0 amide bonds. The summed E-state index contributed by atoms with van der Waals surface area (Å²) >= 11 is 0. The van der Waals surface area contributed by atoms with Crippen molar-refractivity contribution >= 4 is 23.2 Å². The van der Waals surface area contributed by atoms with Crippen LogP contribution in [0.25, 0.3) is 5.52 Å². The number of nitrogens with zero attached hydrogens (tertiary/aromatic N) is 3. The number of ketones is 1. The van der Waals surface area contributed by atoms with Crippen molar-refractivity contribution in [3.63, 3.8) is 0 Å². The average molecular weight is 442 g/mol. The number of rotatable bonds is 10. The second-order valence-corrected chi connectivity index (χ2v) is 7.09. The highest BCUT2D eigenvalue weighted by Crippen LogP contribution is 2.26. The normalized spacial score (nSPS) is 13.5. The Hall–Kier alpha value is -4.39. The van der Waals surface area contributed by atoms with Crippen LogP contribution < -0.4 is 15.8 Å². The van der Waals surface area contributed by atoms with Crippen molar-refractivity contribution in [3.05, 3.63) is 109 Å². The molecule has 7 nitrogen and oxygen atoms in total. The molecule has 168 valence electrons. The first-order valence-corrected chi connectivity index (χ1v) is 10.3. The zero-order valence-corrected chi connectivity index (χ0v) is 18.7. The maximum atomic E-state index is 13.7. The molecular formula is C26H27N5O2. The molecule has 7 heteroatoms. The molecular weight excluding hydrogens is 414 g/mol. The Morgan fingerprint density at radius 3 is 2.73 bits per heavy atom. The maximum absolute atomic E-state index is 13.7. The van der Waals surface area contributed by atoms with Crippen LogP contribution in [0, 0.1) is 0 Å². The number of pyridine rings is 1. The third kappa shape index (κ3) is 5.27. The van der Waals surface area contributed by atoms with Gasteiger partial charge in [-0.15, -0.1) is 0 Å². The fourth-order valence-electron chi connectivity index (χ4n) is 3.36. The lowest BCUT2D eigenvalue weighted by atomic mass is 9.97. The molecule has 0 saturated carbocycles. The maximum Gasteiger partial charge on any atom is 0.207 e. The number of carbonyl (C=O) groups excluding carboxylic acids is 1. The van der Waals surface area contributed by atoms with Gasteiger partial charge in [-0.1, -0.05) is 43.5 Å². The van der Waals surface area contributed by atoms with E-state index in [9.17, 15) is 4.79 Å². The molecule has 0 spiro atoms. The third-order valence-electron chi connectivity index (χ3n) is 4.97. The van der Waals surface area contributed by atoms with Crippen LogP contribution in [0.2, 0.25) is 0 Å². The zero-order chi connectivity index (χ0) is 23.8. The molecule has 0 aliphatic carbocycles. The molecule has 2 heterocycles. The molecule has 0 aliphatic heterocycles. The molecule has 0 fully saturated rings. The zero-order valence-electron chi connectivity index (χ0n) is 18.7. The van der Waals surface area contributed by atoms with E-state index in [1.54, 1.807) is 43.0 Å². The minimum atomic E-state index is -0.855. The van der Waals surface area contributed by atoms with Gasteiger partial charge in [0.05, 0.1) is 24.0 Å². The molecule has 33 heavy (non-hydrogen) atoms. The summed E-state index contributed by atoms with van der Waals surface area (Å²) < 4.78 is 7.03. The topological polar surface area (TPSA) is 94.0 Å². The van der Waals surface area contributed by atoms with Gasteiger partial charge in [-0.25, -0.2) is 4.52 Å². The summed E-state index contributed by atoms with van der Waals surface area (Å²) in [6, 6.07) is 14.0. The fourth-order valence-corrected chi connectivity index (χ4v) is 3.36. The van der Waals surface area contributed by atoms with Crippen molar-refractivity contribution in [1.29, 1.82) is 0 Å². The lowest BCUT2D eigenvalue weighted by Gasteiger charge is -2.19. The number of hydrogen-bond donors (Lipinski definition) is 2. The number of aromatic nitrogens is 2. The Kier molecular flexibility index (Phi) is 7.60. The van der Waals surface area contributed by atoms with Gasteiger partial charge >= 0.3 is 0 Å². The summed E-state index contributed by atoms with van der Waals surface area (Å²) in [5, 5.41) is 7.87. The molecule has 2 aromatic heterocycles. The number of hydrogen-bond acceptors (Lipinski definition) is 6. The highest BCUT2D eigenvalue weighted by Gasteiger charge is 2.27. The van der Waals surface area contributed by atoms with Gasteiger partial charge in [-0.05, 0) is 35.9 Å². The second-order valence-electron chi connectivity index (χ2n) is 7.09. The number of aliphatic imine (C=N–C) groups is 1. The van der Waals surface area contributed by atoms with Crippen LogP contribution in [0.15, 0.2) is 108 Å². The molecule has 0 radical (unpaired) electrons. The van der Waals surface area contributed by atoms with Crippen molar-refractivity contribution in [2.45, 2.75) is 6.04 Å². The van der Waals surface area contributed by atoms with Gasteiger partial charge in [0.15, 0.2) is 0 Å². The molecule has 3 rings (SSSR count). The van der Waals surface area contributed by atoms with Crippen LogP contribution in [-0.4, -0.2) is 35.8 Å². The van der Waals surface area contributed by atoms with Gasteiger partial charge in [0.2, 0.25) is 5.78 Å². The highest BCUT2D eigenvalue weighted by atomic mass is 16.5. The van der Waals surface area contributed by atoms with E-state index in [1.807, 2.05) is 48.7 Å². The number of ether oxygens (including phenoxy) is 1. The SMILES string of the molecule is C=C/C=C(\C=C)C(C=NC)=C(N)C(=O)C(Nc1cccc(OC)c1)c1cc2ccccn2n1.